The number of nitrogens with two attached hydrogens (primary N) is 1. The van der Waals surface area contributed by atoms with Gasteiger partial charge in [-0.05, 0) is 24.7 Å². The number of hydrogen-bond donors (Lipinski definition) is 2. The predicted molar refractivity (Wildman–Crippen MR) is 83.6 cm³/mol. The van der Waals surface area contributed by atoms with Crippen molar-refractivity contribution >= 4 is 5.91 Å². The third kappa shape index (κ3) is 7.47. The van der Waals surface area contributed by atoms with Crippen molar-refractivity contribution in [3.63, 3.8) is 0 Å². The molecule has 0 fully saturated rings. The third-order valence-corrected chi connectivity index (χ3v) is 2.76. The van der Waals surface area contributed by atoms with Crippen molar-refractivity contribution in [3.05, 3.63) is 35.4 Å². The molecule has 0 bridgehead atoms. The first-order chi connectivity index (χ1) is 10.2. The molecule has 0 saturated carbocycles. The number of nitrogens with one attached hydrogen (secondary N) is 1. The Hall–Kier alpha value is -1.87. The highest BCUT2D eigenvalue weighted by Gasteiger charge is 2.06. The number of hydrogen-bond acceptors (Lipinski definition) is 4. The standard InChI is InChI=1S/C16H23N3O2/c1-19(13-16(20)18-9-10-21-2)12-15-6-3-5-14(11-15)7-4-8-17/h3,5-6,11H,8-10,12-13,17H2,1-2H3,(H,18,20). The quantitative estimate of drug-likeness (QED) is 0.555. The van der Waals surface area contributed by atoms with E-state index in [1.165, 1.54) is 0 Å². The van der Waals surface area contributed by atoms with Crippen LogP contribution in [0.25, 0.3) is 0 Å². The fourth-order valence-electron chi connectivity index (χ4n) is 1.86. The molecule has 0 atom stereocenters. The van der Waals surface area contributed by atoms with Crippen LogP contribution in [-0.4, -0.2) is 51.2 Å². The van der Waals surface area contributed by atoms with Crippen LogP contribution in [0.3, 0.4) is 0 Å². The molecule has 0 aliphatic rings. The summed E-state index contributed by atoms with van der Waals surface area (Å²) < 4.78 is 4.89. The Balaban J connectivity index is 2.47. The molecule has 0 radical (unpaired) electrons. The summed E-state index contributed by atoms with van der Waals surface area (Å²) in [6.45, 7) is 2.45. The van der Waals surface area contributed by atoms with Crippen LogP contribution in [0.4, 0.5) is 0 Å². The first-order valence-corrected chi connectivity index (χ1v) is 6.87. The van der Waals surface area contributed by atoms with Gasteiger partial charge < -0.3 is 15.8 Å². The van der Waals surface area contributed by atoms with E-state index < -0.39 is 0 Å². The third-order valence-electron chi connectivity index (χ3n) is 2.76. The fraction of sp³-hybridized carbons (Fsp3) is 0.438. The summed E-state index contributed by atoms with van der Waals surface area (Å²) in [7, 11) is 3.52. The topological polar surface area (TPSA) is 67.6 Å². The van der Waals surface area contributed by atoms with Gasteiger partial charge in [-0.2, -0.15) is 0 Å². The van der Waals surface area contributed by atoms with Gasteiger partial charge in [0, 0.05) is 25.8 Å². The molecular formula is C16H23N3O2. The minimum absolute atomic E-state index is 0.00590. The molecule has 1 amide bonds. The summed E-state index contributed by atoms with van der Waals surface area (Å²) in [5.41, 5.74) is 7.42. The van der Waals surface area contributed by atoms with Gasteiger partial charge in [-0.3, -0.25) is 9.69 Å². The zero-order chi connectivity index (χ0) is 15.5. The number of methoxy groups -OCH3 is 1. The van der Waals surface area contributed by atoms with E-state index in [2.05, 4.69) is 17.2 Å². The van der Waals surface area contributed by atoms with Crippen molar-refractivity contribution in [2.24, 2.45) is 5.73 Å². The molecular weight excluding hydrogens is 266 g/mol. The number of amides is 1. The molecule has 21 heavy (non-hydrogen) atoms. The van der Waals surface area contributed by atoms with E-state index in [1.54, 1.807) is 7.11 Å². The number of benzene rings is 1. The van der Waals surface area contributed by atoms with Crippen LogP contribution in [0.1, 0.15) is 11.1 Å². The highest BCUT2D eigenvalue weighted by atomic mass is 16.5. The lowest BCUT2D eigenvalue weighted by Gasteiger charge is -2.16. The maximum atomic E-state index is 11.7. The van der Waals surface area contributed by atoms with E-state index in [1.807, 2.05) is 36.2 Å². The van der Waals surface area contributed by atoms with Gasteiger partial charge in [0.15, 0.2) is 0 Å². The smallest absolute Gasteiger partial charge is 0.234 e. The Morgan fingerprint density at radius 1 is 1.48 bits per heavy atom. The largest absolute Gasteiger partial charge is 0.383 e. The number of likely N-dealkylation sites (N-methyl/N-ethyl adjacent to an activating group) is 1. The zero-order valence-electron chi connectivity index (χ0n) is 12.7. The van der Waals surface area contributed by atoms with Crippen LogP contribution >= 0.6 is 0 Å². The molecule has 0 aromatic heterocycles. The molecule has 0 heterocycles. The van der Waals surface area contributed by atoms with Crippen LogP contribution in [-0.2, 0) is 16.1 Å². The zero-order valence-corrected chi connectivity index (χ0v) is 12.7. The Morgan fingerprint density at radius 3 is 3.00 bits per heavy atom. The van der Waals surface area contributed by atoms with E-state index in [-0.39, 0.29) is 5.91 Å². The van der Waals surface area contributed by atoms with Crippen molar-refractivity contribution in [1.82, 2.24) is 10.2 Å². The van der Waals surface area contributed by atoms with Crippen LogP contribution < -0.4 is 11.1 Å². The average molecular weight is 289 g/mol. The molecule has 0 aliphatic carbocycles. The molecule has 3 N–H and O–H groups in total. The summed E-state index contributed by atoms with van der Waals surface area (Å²) in [6.07, 6.45) is 0. The van der Waals surface area contributed by atoms with Crippen LogP contribution in [0, 0.1) is 11.8 Å². The predicted octanol–water partition coefficient (Wildman–Crippen LogP) is 0.191. The molecule has 114 valence electrons. The first-order valence-electron chi connectivity index (χ1n) is 6.87. The highest BCUT2D eigenvalue weighted by Crippen LogP contribution is 2.06. The molecule has 1 aromatic rings. The molecule has 1 aromatic carbocycles. The van der Waals surface area contributed by atoms with Gasteiger partial charge in [0.25, 0.3) is 0 Å². The highest BCUT2D eigenvalue weighted by molar-refractivity contribution is 5.77. The van der Waals surface area contributed by atoms with Crippen LogP contribution in [0.2, 0.25) is 0 Å². The Morgan fingerprint density at radius 2 is 2.29 bits per heavy atom. The Labute approximate surface area is 126 Å². The SMILES string of the molecule is COCCNC(=O)CN(C)Cc1cccc(C#CCN)c1. The van der Waals surface area contributed by atoms with Crippen molar-refractivity contribution in [3.8, 4) is 11.8 Å². The monoisotopic (exact) mass is 289 g/mol. The van der Waals surface area contributed by atoms with Crippen molar-refractivity contribution in [2.45, 2.75) is 6.54 Å². The van der Waals surface area contributed by atoms with E-state index in [9.17, 15) is 4.79 Å². The lowest BCUT2D eigenvalue weighted by atomic mass is 10.1. The van der Waals surface area contributed by atoms with Gasteiger partial charge in [0.1, 0.15) is 0 Å². The summed E-state index contributed by atoms with van der Waals surface area (Å²) in [6, 6.07) is 7.95. The minimum atomic E-state index is -0.00590. The second kappa shape index (κ2) is 9.94. The molecule has 5 nitrogen and oxygen atoms in total. The van der Waals surface area contributed by atoms with Crippen LogP contribution in [0.5, 0.6) is 0 Å². The maximum Gasteiger partial charge on any atom is 0.234 e. The molecule has 0 saturated heterocycles. The average Bonchev–Trinajstić information content (AvgIpc) is 2.45. The van der Waals surface area contributed by atoms with Gasteiger partial charge in [0.05, 0.1) is 19.7 Å². The van der Waals surface area contributed by atoms with Crippen LogP contribution in [0.15, 0.2) is 24.3 Å². The molecule has 0 aliphatic heterocycles. The van der Waals surface area contributed by atoms with E-state index in [0.29, 0.717) is 32.8 Å². The Kier molecular flexibility index (Phi) is 8.14. The van der Waals surface area contributed by atoms with Gasteiger partial charge in [-0.1, -0.05) is 24.0 Å². The van der Waals surface area contributed by atoms with Crippen molar-refractivity contribution in [2.75, 3.05) is 40.4 Å². The maximum absolute atomic E-state index is 11.7. The molecule has 5 heteroatoms. The minimum Gasteiger partial charge on any atom is -0.383 e. The number of ether oxygens (including phenoxy) is 1. The van der Waals surface area contributed by atoms with Crippen molar-refractivity contribution in [1.29, 1.82) is 0 Å². The fourth-order valence-corrected chi connectivity index (χ4v) is 1.86. The summed E-state index contributed by atoms with van der Waals surface area (Å²) in [5, 5.41) is 2.80. The second-order valence-electron chi connectivity index (χ2n) is 4.72. The van der Waals surface area contributed by atoms with Gasteiger partial charge >= 0.3 is 0 Å². The first kappa shape index (κ1) is 17.2. The lowest BCUT2D eigenvalue weighted by Crippen LogP contribution is -2.36. The van der Waals surface area contributed by atoms with E-state index in [0.717, 1.165) is 11.1 Å². The van der Waals surface area contributed by atoms with E-state index in [4.69, 9.17) is 10.5 Å². The van der Waals surface area contributed by atoms with Gasteiger partial charge in [-0.15, -0.1) is 0 Å². The Bertz CT molecular complexity index is 506. The number of nitrogens with zero attached hydrogens (tertiary/aromatic N) is 1. The van der Waals surface area contributed by atoms with Gasteiger partial charge in [0.2, 0.25) is 5.91 Å². The summed E-state index contributed by atoms with van der Waals surface area (Å²) in [4.78, 5) is 13.6. The molecule has 0 unspecified atom stereocenters. The van der Waals surface area contributed by atoms with Gasteiger partial charge in [-0.25, -0.2) is 0 Å². The summed E-state index contributed by atoms with van der Waals surface area (Å²) in [5.74, 6) is 5.83. The summed E-state index contributed by atoms with van der Waals surface area (Å²) >= 11 is 0. The number of carbonyl (C=O) groups is 1. The molecule has 1 rings (SSSR count). The van der Waals surface area contributed by atoms with Crippen molar-refractivity contribution < 1.29 is 9.53 Å². The lowest BCUT2D eigenvalue weighted by molar-refractivity contribution is -0.122. The molecule has 0 spiro atoms. The second-order valence-corrected chi connectivity index (χ2v) is 4.72. The van der Waals surface area contributed by atoms with E-state index >= 15 is 0 Å². The number of carbonyl (C=O) groups excluding carboxylic acids is 1. The normalized spacial score (nSPS) is 10.1. The number of rotatable bonds is 7.